The predicted molar refractivity (Wildman–Crippen MR) is 46.9 cm³/mol. The van der Waals surface area contributed by atoms with Gasteiger partial charge in [-0.25, -0.2) is 0 Å². The van der Waals surface area contributed by atoms with Crippen LogP contribution in [-0.4, -0.2) is 34.9 Å². The van der Waals surface area contributed by atoms with Crippen molar-refractivity contribution in [3.05, 3.63) is 0 Å². The number of alkyl halides is 3. The second kappa shape index (κ2) is 4.83. The Balaban J connectivity index is 2.56. The van der Waals surface area contributed by atoms with Crippen LogP contribution in [0.15, 0.2) is 0 Å². The van der Waals surface area contributed by atoms with Crippen molar-refractivity contribution >= 4 is 5.91 Å². The summed E-state index contributed by atoms with van der Waals surface area (Å²) in [6, 6.07) is 0. The maximum Gasteiger partial charge on any atom is 0.393 e. The second-order valence-corrected chi connectivity index (χ2v) is 3.70. The van der Waals surface area contributed by atoms with E-state index in [4.69, 9.17) is 0 Å². The quantitative estimate of drug-likeness (QED) is 0.776. The number of aliphatic hydroxyl groups is 1. The molecule has 0 bridgehead atoms. The molecular weight excluding hydrogens is 211 g/mol. The van der Waals surface area contributed by atoms with Gasteiger partial charge in [0.25, 0.3) is 0 Å². The molecule has 1 aliphatic rings. The normalized spacial score (nSPS) is 21.3. The topological polar surface area (TPSA) is 40.5 Å². The molecule has 0 radical (unpaired) electrons. The third-order valence-electron chi connectivity index (χ3n) is 2.38. The van der Waals surface area contributed by atoms with E-state index in [1.807, 2.05) is 0 Å². The number of hydrogen-bond acceptors (Lipinski definition) is 2. The number of halogens is 3. The fraction of sp³-hybridized carbons (Fsp3) is 0.889. The monoisotopic (exact) mass is 225 g/mol. The van der Waals surface area contributed by atoms with Gasteiger partial charge >= 0.3 is 6.18 Å². The number of carbonyl (C=O) groups is 1. The van der Waals surface area contributed by atoms with E-state index in [0.29, 0.717) is 12.8 Å². The molecule has 1 saturated heterocycles. The van der Waals surface area contributed by atoms with Crippen LogP contribution in [0, 0.1) is 0 Å². The molecule has 6 heteroatoms. The van der Waals surface area contributed by atoms with Crippen LogP contribution in [0.2, 0.25) is 0 Å². The van der Waals surface area contributed by atoms with Crippen LogP contribution in [0.25, 0.3) is 0 Å². The van der Waals surface area contributed by atoms with Crippen LogP contribution in [0.1, 0.15) is 32.1 Å². The van der Waals surface area contributed by atoms with Gasteiger partial charge in [0.15, 0.2) is 0 Å². The summed E-state index contributed by atoms with van der Waals surface area (Å²) >= 11 is 0. The fourth-order valence-electron chi connectivity index (χ4n) is 1.64. The Hall–Kier alpha value is -0.780. The first kappa shape index (κ1) is 12.3. The molecule has 1 atom stereocenters. The molecule has 0 spiro atoms. The van der Waals surface area contributed by atoms with E-state index < -0.39 is 18.8 Å². The van der Waals surface area contributed by atoms with Gasteiger partial charge in [0, 0.05) is 13.0 Å². The van der Waals surface area contributed by atoms with Gasteiger partial charge in [-0.15, -0.1) is 0 Å². The highest BCUT2D eigenvalue weighted by Crippen LogP contribution is 2.24. The maximum absolute atomic E-state index is 12.0. The summed E-state index contributed by atoms with van der Waals surface area (Å²) in [5.74, 6) is -0.385. The van der Waals surface area contributed by atoms with Gasteiger partial charge in [-0.1, -0.05) is 6.42 Å². The average Bonchev–Trinajstić information content (AvgIpc) is 2.26. The Labute approximate surface area is 85.9 Å². The molecule has 1 aliphatic heterocycles. The minimum atomic E-state index is -4.44. The van der Waals surface area contributed by atoms with Gasteiger partial charge in [0.2, 0.25) is 5.91 Å². The molecule has 0 aromatic heterocycles. The molecule has 15 heavy (non-hydrogen) atoms. The molecule has 0 aromatic carbocycles. The minimum Gasteiger partial charge on any atom is -0.373 e. The van der Waals surface area contributed by atoms with Gasteiger partial charge in [0.05, 0.1) is 6.42 Å². The van der Waals surface area contributed by atoms with Crippen LogP contribution in [-0.2, 0) is 4.79 Å². The zero-order valence-electron chi connectivity index (χ0n) is 8.26. The first-order chi connectivity index (χ1) is 6.90. The summed E-state index contributed by atoms with van der Waals surface area (Å²) in [5, 5.41) is 9.29. The Morgan fingerprint density at radius 1 is 1.33 bits per heavy atom. The Kier molecular flexibility index (Phi) is 3.96. The summed E-state index contributed by atoms with van der Waals surface area (Å²) in [4.78, 5) is 12.3. The summed E-state index contributed by atoms with van der Waals surface area (Å²) in [7, 11) is 0. The smallest absolute Gasteiger partial charge is 0.373 e. The molecule has 0 aromatic rings. The Morgan fingerprint density at radius 3 is 2.60 bits per heavy atom. The van der Waals surface area contributed by atoms with E-state index in [0.717, 1.165) is 11.3 Å². The number of amides is 1. The number of aliphatic hydroxyl groups excluding tert-OH is 1. The Bertz CT molecular complexity index is 230. The van der Waals surface area contributed by atoms with E-state index in [1.165, 1.54) is 0 Å². The van der Waals surface area contributed by atoms with Gasteiger partial charge in [-0.05, 0) is 12.8 Å². The van der Waals surface area contributed by atoms with Gasteiger partial charge in [-0.2, -0.15) is 13.2 Å². The molecular formula is C9H14F3NO2. The van der Waals surface area contributed by atoms with Crippen molar-refractivity contribution < 1.29 is 23.1 Å². The second-order valence-electron chi connectivity index (χ2n) is 3.70. The van der Waals surface area contributed by atoms with Gasteiger partial charge < -0.3 is 10.0 Å². The van der Waals surface area contributed by atoms with Crippen molar-refractivity contribution in [1.82, 2.24) is 4.90 Å². The third-order valence-corrected chi connectivity index (χ3v) is 2.38. The average molecular weight is 225 g/mol. The molecule has 1 heterocycles. The lowest BCUT2D eigenvalue weighted by Crippen LogP contribution is -2.42. The van der Waals surface area contributed by atoms with Gasteiger partial charge in [-0.3, -0.25) is 4.79 Å². The van der Waals surface area contributed by atoms with E-state index in [9.17, 15) is 23.1 Å². The number of likely N-dealkylation sites (tertiary alicyclic amines) is 1. The lowest BCUT2D eigenvalue weighted by atomic mass is 10.2. The van der Waals surface area contributed by atoms with Crippen LogP contribution >= 0.6 is 0 Å². The number of nitrogens with zero attached hydrogens (tertiary/aromatic N) is 1. The fourth-order valence-corrected chi connectivity index (χ4v) is 1.64. The van der Waals surface area contributed by atoms with Gasteiger partial charge in [0.1, 0.15) is 6.23 Å². The highest BCUT2D eigenvalue weighted by Gasteiger charge is 2.35. The van der Waals surface area contributed by atoms with Crippen molar-refractivity contribution in [1.29, 1.82) is 0 Å². The van der Waals surface area contributed by atoms with E-state index in [2.05, 4.69) is 0 Å². The molecule has 1 rings (SSSR count). The van der Waals surface area contributed by atoms with Crippen LogP contribution in [0.3, 0.4) is 0 Å². The molecule has 88 valence electrons. The number of carbonyl (C=O) groups excluding carboxylic acids is 1. The molecule has 0 aliphatic carbocycles. The molecule has 0 saturated carbocycles. The minimum absolute atomic E-state index is 0.218. The number of hydrogen-bond donors (Lipinski definition) is 1. The largest absolute Gasteiger partial charge is 0.393 e. The third kappa shape index (κ3) is 4.07. The summed E-state index contributed by atoms with van der Waals surface area (Å²) in [6.45, 7) is 0.218. The summed E-state index contributed by atoms with van der Waals surface area (Å²) in [6.07, 6.45) is -5.12. The lowest BCUT2D eigenvalue weighted by Gasteiger charge is -2.27. The number of rotatable bonds is 2. The molecule has 1 unspecified atom stereocenters. The zero-order valence-corrected chi connectivity index (χ0v) is 8.26. The first-order valence-corrected chi connectivity index (χ1v) is 4.94. The van der Waals surface area contributed by atoms with Crippen molar-refractivity contribution in [2.75, 3.05) is 6.54 Å². The van der Waals surface area contributed by atoms with E-state index in [1.54, 1.807) is 0 Å². The van der Waals surface area contributed by atoms with Crippen LogP contribution in [0.5, 0.6) is 0 Å². The highest BCUT2D eigenvalue weighted by atomic mass is 19.4. The first-order valence-electron chi connectivity index (χ1n) is 4.94. The van der Waals surface area contributed by atoms with Crippen molar-refractivity contribution in [2.24, 2.45) is 0 Å². The molecule has 1 fully saturated rings. The SMILES string of the molecule is O=C1CCCCCN1C(O)CC(F)(F)F. The Morgan fingerprint density at radius 2 is 2.00 bits per heavy atom. The summed E-state index contributed by atoms with van der Waals surface area (Å²) < 4.78 is 36.0. The van der Waals surface area contributed by atoms with E-state index >= 15 is 0 Å². The van der Waals surface area contributed by atoms with Crippen molar-refractivity contribution in [2.45, 2.75) is 44.5 Å². The highest BCUT2D eigenvalue weighted by molar-refractivity contribution is 5.76. The van der Waals surface area contributed by atoms with E-state index in [-0.39, 0.29) is 18.9 Å². The van der Waals surface area contributed by atoms with Crippen molar-refractivity contribution in [3.8, 4) is 0 Å². The zero-order chi connectivity index (χ0) is 11.5. The lowest BCUT2D eigenvalue weighted by molar-refractivity contribution is -0.178. The molecule has 1 amide bonds. The van der Waals surface area contributed by atoms with Crippen LogP contribution in [0.4, 0.5) is 13.2 Å². The van der Waals surface area contributed by atoms with Crippen LogP contribution < -0.4 is 0 Å². The standard InChI is InChI=1S/C9H14F3NO2/c10-9(11,12)6-8(15)13-5-3-1-2-4-7(13)14/h8,15H,1-6H2. The maximum atomic E-state index is 12.0. The predicted octanol–water partition coefficient (Wildman–Crippen LogP) is 1.66. The van der Waals surface area contributed by atoms with Crippen molar-refractivity contribution in [3.63, 3.8) is 0 Å². The molecule has 1 N–H and O–H groups in total. The summed E-state index contributed by atoms with van der Waals surface area (Å²) in [5.41, 5.74) is 0. The molecule has 3 nitrogen and oxygen atoms in total.